The zero-order valence-corrected chi connectivity index (χ0v) is 12.2. The summed E-state index contributed by atoms with van der Waals surface area (Å²) in [6, 6.07) is 0. The minimum Gasteiger partial charge on any atom is -0.462 e. The molecule has 1 rings (SSSR count). The Balaban J connectivity index is 3.33. The lowest BCUT2D eigenvalue weighted by molar-refractivity contribution is 0.0432. The summed E-state index contributed by atoms with van der Waals surface area (Å²) in [5, 5.41) is 0. The molecule has 0 saturated carbocycles. The Bertz CT molecular complexity index is 542. The van der Waals surface area contributed by atoms with Gasteiger partial charge in [0, 0.05) is 5.56 Å². The van der Waals surface area contributed by atoms with Crippen LogP contribution in [0.25, 0.3) is 0 Å². The van der Waals surface area contributed by atoms with Crippen molar-refractivity contribution in [2.24, 2.45) is 0 Å². The highest BCUT2D eigenvalue weighted by atomic mass is 16.6. The van der Waals surface area contributed by atoms with Gasteiger partial charge < -0.3 is 18.6 Å². The van der Waals surface area contributed by atoms with Gasteiger partial charge in [0.1, 0.15) is 5.56 Å². The van der Waals surface area contributed by atoms with E-state index in [2.05, 4.69) is 6.92 Å². The van der Waals surface area contributed by atoms with Gasteiger partial charge in [-0.05, 0) is 27.7 Å². The van der Waals surface area contributed by atoms with Gasteiger partial charge in [0.05, 0.1) is 19.8 Å². The summed E-state index contributed by atoms with van der Waals surface area (Å²) in [5.41, 5.74) is -0.284. The summed E-state index contributed by atoms with van der Waals surface area (Å²) in [7, 11) is 0. The Labute approximate surface area is 122 Å². The number of esters is 3. The molecule has 7 nitrogen and oxygen atoms in total. The zero-order valence-electron chi connectivity index (χ0n) is 12.2. The van der Waals surface area contributed by atoms with Gasteiger partial charge in [-0.1, -0.05) is 0 Å². The molecule has 0 saturated heterocycles. The number of hydrogen-bond donors (Lipinski definition) is 0. The van der Waals surface area contributed by atoms with Crippen LogP contribution in [0.3, 0.4) is 0 Å². The van der Waals surface area contributed by atoms with Crippen molar-refractivity contribution in [3.63, 3.8) is 0 Å². The predicted octanol–water partition coefficient (Wildman–Crippen LogP) is 1.99. The van der Waals surface area contributed by atoms with E-state index in [0.717, 1.165) is 0 Å². The van der Waals surface area contributed by atoms with Crippen molar-refractivity contribution in [2.75, 3.05) is 19.8 Å². The normalized spacial score (nSPS) is 10.1. The van der Waals surface area contributed by atoms with Crippen LogP contribution in [-0.4, -0.2) is 37.7 Å². The summed E-state index contributed by atoms with van der Waals surface area (Å²) >= 11 is 0. The van der Waals surface area contributed by atoms with E-state index in [1.165, 1.54) is 0 Å². The highest BCUT2D eigenvalue weighted by molar-refractivity contribution is 6.05. The van der Waals surface area contributed by atoms with Crippen molar-refractivity contribution >= 4 is 17.9 Å². The van der Waals surface area contributed by atoms with Gasteiger partial charge in [0.2, 0.25) is 11.5 Å². The van der Waals surface area contributed by atoms with E-state index in [0.29, 0.717) is 0 Å². The molecule has 1 aromatic heterocycles. The number of carbonyl (C=O) groups excluding carboxylic acids is 3. The number of carbonyl (C=O) groups is 3. The van der Waals surface area contributed by atoms with Crippen molar-refractivity contribution in [1.82, 2.24) is 0 Å². The molecule has 1 aromatic rings. The molecule has 1 heterocycles. The second-order valence-electron chi connectivity index (χ2n) is 3.78. The maximum atomic E-state index is 11.9. The predicted molar refractivity (Wildman–Crippen MR) is 71.0 cm³/mol. The second kappa shape index (κ2) is 7.47. The summed E-state index contributed by atoms with van der Waals surface area (Å²) in [4.78, 5) is 35.5. The van der Waals surface area contributed by atoms with E-state index in [9.17, 15) is 14.4 Å². The highest BCUT2D eigenvalue weighted by Gasteiger charge is 2.32. The minimum absolute atomic E-state index is 0.0602. The molecule has 0 unspecified atom stereocenters. The Hall–Kier alpha value is -2.31. The first kappa shape index (κ1) is 16.7. The van der Waals surface area contributed by atoms with Crippen LogP contribution in [0.2, 0.25) is 0 Å². The van der Waals surface area contributed by atoms with Crippen LogP contribution in [-0.2, 0) is 14.2 Å². The standard InChI is InChI=1S/C14H17O7/c1-5-18-12(15)9-8(4)10(13(16)19-6-2)21-11(9)14(17)20-7-3/h4-7H2,1-3H3. The first-order valence-corrected chi connectivity index (χ1v) is 6.47. The SMILES string of the molecule is [CH2]c1c(C(=O)OCC)oc(C(=O)OCC)c1C(=O)OCC. The lowest BCUT2D eigenvalue weighted by Gasteiger charge is -2.03. The van der Waals surface area contributed by atoms with Crippen LogP contribution in [0.15, 0.2) is 4.42 Å². The highest BCUT2D eigenvalue weighted by Crippen LogP contribution is 2.25. The van der Waals surface area contributed by atoms with Gasteiger partial charge in [0.25, 0.3) is 0 Å². The number of furan rings is 1. The second-order valence-corrected chi connectivity index (χ2v) is 3.78. The number of rotatable bonds is 6. The number of hydrogen-bond acceptors (Lipinski definition) is 7. The van der Waals surface area contributed by atoms with Crippen LogP contribution in [0.5, 0.6) is 0 Å². The fraction of sp³-hybridized carbons (Fsp3) is 0.429. The van der Waals surface area contributed by atoms with Gasteiger partial charge in [-0.3, -0.25) is 0 Å². The largest absolute Gasteiger partial charge is 0.462 e. The molecule has 115 valence electrons. The van der Waals surface area contributed by atoms with E-state index in [4.69, 9.17) is 18.6 Å². The van der Waals surface area contributed by atoms with Gasteiger partial charge >= 0.3 is 17.9 Å². The topological polar surface area (TPSA) is 92.0 Å². The summed E-state index contributed by atoms with van der Waals surface area (Å²) in [6.45, 7) is 8.71. The smallest absolute Gasteiger partial charge is 0.375 e. The first-order valence-electron chi connectivity index (χ1n) is 6.47. The Morgan fingerprint density at radius 2 is 1.29 bits per heavy atom. The quantitative estimate of drug-likeness (QED) is 0.585. The molecule has 0 spiro atoms. The van der Waals surface area contributed by atoms with Gasteiger partial charge in [-0.15, -0.1) is 0 Å². The molecule has 21 heavy (non-hydrogen) atoms. The van der Waals surface area contributed by atoms with Crippen LogP contribution >= 0.6 is 0 Å². The van der Waals surface area contributed by atoms with Crippen molar-refractivity contribution in [3.05, 3.63) is 29.6 Å². The fourth-order valence-corrected chi connectivity index (χ4v) is 1.59. The minimum atomic E-state index is -0.874. The molecule has 0 aromatic carbocycles. The molecule has 7 heteroatoms. The molecule has 1 radical (unpaired) electrons. The van der Waals surface area contributed by atoms with Gasteiger partial charge in [0.15, 0.2) is 0 Å². The molecular formula is C14H17O7. The van der Waals surface area contributed by atoms with Crippen LogP contribution in [0.1, 0.15) is 57.8 Å². The molecule has 0 aliphatic rings. The van der Waals surface area contributed by atoms with E-state index in [1.54, 1.807) is 20.8 Å². The summed E-state index contributed by atoms with van der Waals surface area (Å²) in [6.07, 6.45) is 0. The molecule has 0 aliphatic carbocycles. The maximum absolute atomic E-state index is 11.9. The lowest BCUT2D eigenvalue weighted by Crippen LogP contribution is -2.13. The molecule has 0 N–H and O–H groups in total. The number of ether oxygens (including phenoxy) is 3. The molecule has 0 amide bonds. The average molecular weight is 297 g/mol. The third-order valence-corrected chi connectivity index (χ3v) is 2.41. The Kier molecular flexibility index (Phi) is 5.95. The van der Waals surface area contributed by atoms with E-state index >= 15 is 0 Å². The third-order valence-electron chi connectivity index (χ3n) is 2.41. The van der Waals surface area contributed by atoms with Gasteiger partial charge in [-0.2, -0.15) is 0 Å². The summed E-state index contributed by atoms with van der Waals surface area (Å²) < 4.78 is 19.5. The van der Waals surface area contributed by atoms with E-state index < -0.39 is 23.7 Å². The van der Waals surface area contributed by atoms with Gasteiger partial charge in [-0.25, -0.2) is 14.4 Å². The molecule has 0 aliphatic heterocycles. The first-order chi connectivity index (χ1) is 9.97. The van der Waals surface area contributed by atoms with Crippen LogP contribution < -0.4 is 0 Å². The monoisotopic (exact) mass is 297 g/mol. The lowest BCUT2D eigenvalue weighted by atomic mass is 10.1. The molecule has 0 bridgehead atoms. The molecular weight excluding hydrogens is 280 g/mol. The zero-order chi connectivity index (χ0) is 16.0. The fourth-order valence-electron chi connectivity index (χ4n) is 1.59. The average Bonchev–Trinajstić information content (AvgIpc) is 2.77. The van der Waals surface area contributed by atoms with Crippen LogP contribution in [0.4, 0.5) is 0 Å². The molecule has 0 fully saturated rings. The van der Waals surface area contributed by atoms with E-state index in [-0.39, 0.29) is 36.7 Å². The van der Waals surface area contributed by atoms with Crippen molar-refractivity contribution < 1.29 is 33.0 Å². The Morgan fingerprint density at radius 1 is 0.857 bits per heavy atom. The van der Waals surface area contributed by atoms with Crippen molar-refractivity contribution in [1.29, 1.82) is 0 Å². The third kappa shape index (κ3) is 3.62. The van der Waals surface area contributed by atoms with Crippen molar-refractivity contribution in [2.45, 2.75) is 20.8 Å². The van der Waals surface area contributed by atoms with E-state index in [1.807, 2.05) is 0 Å². The van der Waals surface area contributed by atoms with Crippen molar-refractivity contribution in [3.8, 4) is 0 Å². The van der Waals surface area contributed by atoms with Crippen LogP contribution in [0, 0.1) is 6.92 Å². The Morgan fingerprint density at radius 3 is 1.76 bits per heavy atom. The maximum Gasteiger partial charge on any atom is 0.375 e. The molecule has 0 atom stereocenters. The summed E-state index contributed by atoms with van der Waals surface area (Å²) in [5.74, 6) is -3.24.